The highest BCUT2D eigenvalue weighted by Gasteiger charge is 2.37. The molecule has 0 amide bonds. The number of rotatable bonds is 13. The first kappa shape index (κ1) is 25.2. The number of aromatic nitrogens is 1. The van der Waals surface area contributed by atoms with Crippen LogP contribution in [-0.4, -0.2) is 36.5 Å². The van der Waals surface area contributed by atoms with Crippen molar-refractivity contribution in [2.24, 2.45) is 0 Å². The van der Waals surface area contributed by atoms with E-state index in [1.807, 2.05) is 19.0 Å². The van der Waals surface area contributed by atoms with Gasteiger partial charge in [0.2, 0.25) is 0 Å². The van der Waals surface area contributed by atoms with Gasteiger partial charge in [0.15, 0.2) is 0 Å². The van der Waals surface area contributed by atoms with Crippen LogP contribution in [0.5, 0.6) is 5.75 Å². The summed E-state index contributed by atoms with van der Waals surface area (Å²) in [6, 6.07) is 4.76. The first-order valence-electron chi connectivity index (χ1n) is 11.3. The summed E-state index contributed by atoms with van der Waals surface area (Å²) in [4.78, 5) is 16.7. The first-order valence-corrected chi connectivity index (χ1v) is 11.3. The fourth-order valence-electron chi connectivity index (χ4n) is 3.77. The average Bonchev–Trinajstić information content (AvgIpc) is 3.08. The molecule has 1 heterocycles. The Bertz CT molecular complexity index is 828. The van der Waals surface area contributed by atoms with E-state index in [2.05, 4.69) is 11.9 Å². The van der Waals surface area contributed by atoms with Gasteiger partial charge in [0, 0.05) is 23.9 Å². The molecule has 0 bridgehead atoms. The van der Waals surface area contributed by atoms with Crippen molar-refractivity contribution in [1.82, 2.24) is 9.88 Å². The third kappa shape index (κ3) is 7.87. The van der Waals surface area contributed by atoms with Gasteiger partial charge < -0.3 is 14.6 Å². The Labute approximate surface area is 183 Å². The molecule has 174 valence electrons. The van der Waals surface area contributed by atoms with Crippen LogP contribution in [0.25, 0.3) is 10.9 Å². The number of likely N-dealkylation sites (N-methyl/N-ethyl adjacent to an activating group) is 1. The van der Waals surface area contributed by atoms with E-state index in [4.69, 9.17) is 4.74 Å². The van der Waals surface area contributed by atoms with E-state index in [0.717, 1.165) is 19.3 Å². The number of aromatic amines is 1. The molecule has 31 heavy (non-hydrogen) atoms. The molecule has 0 aliphatic rings. The molecule has 0 aliphatic heterocycles. The van der Waals surface area contributed by atoms with Crippen molar-refractivity contribution in [2.75, 3.05) is 20.6 Å². The zero-order valence-corrected chi connectivity index (χ0v) is 18.9. The number of hydrogen-bond donors (Lipinski definition) is 1. The monoisotopic (exact) mass is 440 g/mol. The third-order valence-electron chi connectivity index (χ3n) is 5.44. The van der Waals surface area contributed by atoms with E-state index in [1.165, 1.54) is 32.1 Å². The second kappa shape index (κ2) is 12.1. The molecule has 0 saturated carbocycles. The number of hydrogen-bond acceptors (Lipinski definition) is 3. The Kier molecular flexibility index (Phi) is 9.88. The number of H-pyrrole nitrogens is 1. The average molecular weight is 441 g/mol. The summed E-state index contributed by atoms with van der Waals surface area (Å²) in [7, 11) is 3.62. The minimum absolute atomic E-state index is 0.145. The SMILES string of the molecule is CCCCCCCCCCC(=O)Oc1cccc2[nH]c(C(F)(F)F)c(CCN(C)C)c12. The van der Waals surface area contributed by atoms with Crippen LogP contribution in [0.1, 0.15) is 76.0 Å². The molecule has 2 rings (SSSR count). The Morgan fingerprint density at radius 2 is 1.68 bits per heavy atom. The zero-order chi connectivity index (χ0) is 22.9. The molecule has 0 saturated heterocycles. The van der Waals surface area contributed by atoms with Gasteiger partial charge in [-0.05, 0) is 44.6 Å². The van der Waals surface area contributed by atoms with Crippen molar-refractivity contribution in [3.8, 4) is 5.75 Å². The van der Waals surface area contributed by atoms with Gasteiger partial charge in [0.1, 0.15) is 11.4 Å². The van der Waals surface area contributed by atoms with E-state index >= 15 is 0 Å². The lowest BCUT2D eigenvalue weighted by Gasteiger charge is -2.13. The molecule has 7 heteroatoms. The van der Waals surface area contributed by atoms with E-state index < -0.39 is 17.8 Å². The summed E-state index contributed by atoms with van der Waals surface area (Å²) in [6.07, 6.45) is 4.91. The number of nitrogens with one attached hydrogen (secondary N) is 1. The quantitative estimate of drug-likeness (QED) is 0.213. The van der Waals surface area contributed by atoms with Crippen molar-refractivity contribution >= 4 is 16.9 Å². The fourth-order valence-corrected chi connectivity index (χ4v) is 3.77. The normalized spacial score (nSPS) is 12.1. The van der Waals surface area contributed by atoms with E-state index in [-0.39, 0.29) is 24.2 Å². The second-order valence-electron chi connectivity index (χ2n) is 8.41. The van der Waals surface area contributed by atoms with Crippen LogP contribution in [0.4, 0.5) is 13.2 Å². The van der Waals surface area contributed by atoms with Crippen LogP contribution in [-0.2, 0) is 17.4 Å². The van der Waals surface area contributed by atoms with Crippen molar-refractivity contribution in [3.05, 3.63) is 29.5 Å². The summed E-state index contributed by atoms with van der Waals surface area (Å²) in [5, 5.41) is 0.348. The number of unbranched alkanes of at least 4 members (excludes halogenated alkanes) is 7. The van der Waals surface area contributed by atoms with Crippen LogP contribution in [0.2, 0.25) is 0 Å². The fraction of sp³-hybridized carbons (Fsp3) is 0.625. The van der Waals surface area contributed by atoms with Gasteiger partial charge >= 0.3 is 12.1 Å². The largest absolute Gasteiger partial charge is 0.431 e. The number of carbonyl (C=O) groups is 1. The molecule has 0 aliphatic carbocycles. The van der Waals surface area contributed by atoms with Crippen molar-refractivity contribution < 1.29 is 22.7 Å². The van der Waals surface area contributed by atoms with Crippen molar-refractivity contribution in [2.45, 2.75) is 77.3 Å². The minimum atomic E-state index is -4.50. The van der Waals surface area contributed by atoms with E-state index in [0.29, 0.717) is 17.4 Å². The van der Waals surface area contributed by atoms with E-state index in [1.54, 1.807) is 18.2 Å². The molecule has 2 aromatic rings. The molecule has 4 nitrogen and oxygen atoms in total. The maximum absolute atomic E-state index is 13.6. The van der Waals surface area contributed by atoms with Crippen LogP contribution in [0.3, 0.4) is 0 Å². The Morgan fingerprint density at radius 1 is 1.03 bits per heavy atom. The number of carbonyl (C=O) groups excluding carboxylic acids is 1. The number of alkyl halides is 3. The van der Waals surface area contributed by atoms with Crippen LogP contribution in [0, 0.1) is 0 Å². The standard InChI is InChI=1S/C24H35F3N2O2/c1-4-5-6-7-8-9-10-11-15-21(30)31-20-14-12-13-19-22(20)18(16-17-29(2)3)23(28-19)24(25,26)27/h12-14,28H,4-11,15-17H2,1-3H3. The molecule has 1 aromatic carbocycles. The molecular formula is C24H35F3N2O2. The molecule has 1 aromatic heterocycles. The summed E-state index contributed by atoms with van der Waals surface area (Å²) in [6.45, 7) is 2.64. The molecule has 0 unspecified atom stereocenters. The molecule has 0 fully saturated rings. The maximum Gasteiger partial charge on any atom is 0.431 e. The Morgan fingerprint density at radius 3 is 2.29 bits per heavy atom. The highest BCUT2D eigenvalue weighted by atomic mass is 19.4. The van der Waals surface area contributed by atoms with Gasteiger partial charge in [-0.15, -0.1) is 0 Å². The topological polar surface area (TPSA) is 45.3 Å². The summed E-state index contributed by atoms with van der Waals surface area (Å²) in [5.74, 6) is -0.200. The van der Waals surface area contributed by atoms with Crippen LogP contribution >= 0.6 is 0 Å². The minimum Gasteiger partial charge on any atom is -0.426 e. The predicted molar refractivity (Wildman–Crippen MR) is 118 cm³/mol. The van der Waals surface area contributed by atoms with Crippen molar-refractivity contribution in [3.63, 3.8) is 0 Å². The second-order valence-corrected chi connectivity index (χ2v) is 8.41. The van der Waals surface area contributed by atoms with Gasteiger partial charge in [0.05, 0.1) is 0 Å². The van der Waals surface area contributed by atoms with Gasteiger partial charge in [-0.2, -0.15) is 13.2 Å². The molecule has 0 radical (unpaired) electrons. The number of fused-ring (bicyclic) bond motifs is 1. The summed E-state index contributed by atoms with van der Waals surface area (Å²) in [5.41, 5.74) is -0.291. The summed E-state index contributed by atoms with van der Waals surface area (Å²) < 4.78 is 46.3. The van der Waals surface area contributed by atoms with E-state index in [9.17, 15) is 18.0 Å². The molecule has 0 atom stereocenters. The zero-order valence-electron chi connectivity index (χ0n) is 18.9. The van der Waals surface area contributed by atoms with Gasteiger partial charge in [-0.3, -0.25) is 4.79 Å². The highest BCUT2D eigenvalue weighted by Crippen LogP contribution is 2.39. The number of ether oxygens (including phenoxy) is 1. The molecular weight excluding hydrogens is 405 g/mol. The number of benzene rings is 1. The number of halogens is 3. The lowest BCUT2D eigenvalue weighted by atomic mass is 10.1. The smallest absolute Gasteiger partial charge is 0.426 e. The summed E-state index contributed by atoms with van der Waals surface area (Å²) >= 11 is 0. The lowest BCUT2D eigenvalue weighted by Crippen LogP contribution is -2.17. The lowest BCUT2D eigenvalue weighted by molar-refractivity contribution is -0.141. The van der Waals surface area contributed by atoms with Gasteiger partial charge in [0.25, 0.3) is 0 Å². The number of nitrogens with zero attached hydrogens (tertiary/aromatic N) is 1. The molecule has 1 N–H and O–H groups in total. The highest BCUT2D eigenvalue weighted by molar-refractivity contribution is 5.92. The third-order valence-corrected chi connectivity index (χ3v) is 5.44. The van der Waals surface area contributed by atoms with Gasteiger partial charge in [-0.25, -0.2) is 0 Å². The van der Waals surface area contributed by atoms with Crippen LogP contribution in [0.15, 0.2) is 18.2 Å². The first-order chi connectivity index (χ1) is 14.7. The maximum atomic E-state index is 13.6. The van der Waals surface area contributed by atoms with Crippen molar-refractivity contribution in [1.29, 1.82) is 0 Å². The Hall–Kier alpha value is -2.02. The van der Waals surface area contributed by atoms with Gasteiger partial charge in [-0.1, -0.05) is 57.9 Å². The van der Waals surface area contributed by atoms with Crippen LogP contribution < -0.4 is 4.74 Å². The molecule has 0 spiro atoms. The predicted octanol–water partition coefficient (Wildman–Crippen LogP) is 6.73. The Balaban J connectivity index is 2.04. The number of esters is 1.